The van der Waals surface area contributed by atoms with Gasteiger partial charge in [-0.2, -0.15) is 0 Å². The normalized spacial score (nSPS) is 12.1. The topological polar surface area (TPSA) is 70.9 Å². The zero-order valence-electron chi connectivity index (χ0n) is 15.2. The van der Waals surface area contributed by atoms with Gasteiger partial charge in [-0.15, -0.1) is 0 Å². The van der Waals surface area contributed by atoms with Crippen LogP contribution in [0, 0.1) is 13.8 Å². The highest BCUT2D eigenvalue weighted by Gasteiger charge is 2.20. The number of phenols is 1. The zero-order chi connectivity index (χ0) is 18.8. The summed E-state index contributed by atoms with van der Waals surface area (Å²) in [5, 5.41) is 15.4. The maximum absolute atomic E-state index is 11.0. The second kappa shape index (κ2) is 7.03. The second-order valence-electron chi connectivity index (χ2n) is 6.55. The number of aromatic hydroxyl groups is 1. The number of hydrogen-bond donors (Lipinski definition) is 2. The summed E-state index contributed by atoms with van der Waals surface area (Å²) in [5.41, 5.74) is 4.12. The molecule has 0 aliphatic rings. The molecule has 4 aromatic rings. The van der Waals surface area contributed by atoms with Crippen LogP contribution in [0.3, 0.4) is 0 Å². The van der Waals surface area contributed by atoms with Gasteiger partial charge in [-0.05, 0) is 49.7 Å². The highest BCUT2D eigenvalue weighted by atomic mass is 16.3. The molecule has 0 aliphatic heterocycles. The number of pyridine rings is 3. The Morgan fingerprint density at radius 2 is 1.59 bits per heavy atom. The lowest BCUT2D eigenvalue weighted by molar-refractivity contribution is 0.471. The molecule has 0 saturated carbocycles. The first-order valence-corrected chi connectivity index (χ1v) is 8.81. The van der Waals surface area contributed by atoms with Crippen LogP contribution in [0.1, 0.15) is 28.6 Å². The lowest BCUT2D eigenvalue weighted by atomic mass is 9.97. The third kappa shape index (κ3) is 3.44. The number of aromatic nitrogens is 3. The van der Waals surface area contributed by atoms with E-state index in [2.05, 4.69) is 20.3 Å². The van der Waals surface area contributed by atoms with Crippen molar-refractivity contribution in [3.05, 3.63) is 89.5 Å². The fourth-order valence-corrected chi connectivity index (χ4v) is 3.19. The van der Waals surface area contributed by atoms with Crippen molar-refractivity contribution in [3.63, 3.8) is 0 Å². The van der Waals surface area contributed by atoms with E-state index in [0.29, 0.717) is 5.52 Å². The molecule has 0 bridgehead atoms. The van der Waals surface area contributed by atoms with E-state index in [1.54, 1.807) is 12.4 Å². The fraction of sp³-hybridized carbons (Fsp3) is 0.136. The average molecular weight is 356 g/mol. The van der Waals surface area contributed by atoms with Gasteiger partial charge in [0.25, 0.3) is 0 Å². The molecule has 5 heteroatoms. The molecule has 0 aliphatic carbocycles. The highest BCUT2D eigenvalue weighted by molar-refractivity contribution is 5.86. The molecule has 0 saturated heterocycles. The quantitative estimate of drug-likeness (QED) is 0.561. The molecular formula is C22H20N4O. The Kier molecular flexibility index (Phi) is 4.42. The number of benzene rings is 1. The number of nitrogens with one attached hydrogen (secondary N) is 1. The van der Waals surface area contributed by atoms with E-state index in [1.807, 2.05) is 68.4 Å². The zero-order valence-corrected chi connectivity index (χ0v) is 15.2. The van der Waals surface area contributed by atoms with Crippen LogP contribution in [0.25, 0.3) is 10.9 Å². The van der Waals surface area contributed by atoms with Gasteiger partial charge in [-0.3, -0.25) is 4.98 Å². The second-order valence-corrected chi connectivity index (χ2v) is 6.55. The fourth-order valence-electron chi connectivity index (χ4n) is 3.19. The van der Waals surface area contributed by atoms with Crippen LogP contribution in [0.2, 0.25) is 0 Å². The summed E-state index contributed by atoms with van der Waals surface area (Å²) in [6.45, 7) is 3.87. The molecule has 0 fully saturated rings. The number of hydrogen-bond acceptors (Lipinski definition) is 5. The number of fused-ring (bicyclic) bond motifs is 1. The summed E-state index contributed by atoms with van der Waals surface area (Å²) < 4.78 is 0. The SMILES string of the molecule is Cc1cccc(NC(c2ccncc2)c2ccc3ccc(C)nc3c2O)n1. The molecule has 4 rings (SSSR count). The minimum atomic E-state index is -0.283. The maximum atomic E-state index is 11.0. The molecule has 5 nitrogen and oxygen atoms in total. The molecule has 134 valence electrons. The molecule has 1 atom stereocenters. The molecular weight excluding hydrogens is 336 g/mol. The Balaban J connectivity index is 1.86. The number of nitrogens with zero attached hydrogens (tertiary/aromatic N) is 3. The smallest absolute Gasteiger partial charge is 0.147 e. The third-order valence-electron chi connectivity index (χ3n) is 4.54. The number of anilines is 1. The third-order valence-corrected chi connectivity index (χ3v) is 4.54. The summed E-state index contributed by atoms with van der Waals surface area (Å²) in [5.74, 6) is 0.923. The van der Waals surface area contributed by atoms with Gasteiger partial charge in [-0.1, -0.05) is 24.3 Å². The van der Waals surface area contributed by atoms with Crippen molar-refractivity contribution in [1.82, 2.24) is 15.0 Å². The summed E-state index contributed by atoms with van der Waals surface area (Å²) in [6.07, 6.45) is 3.49. The summed E-state index contributed by atoms with van der Waals surface area (Å²) in [7, 11) is 0. The van der Waals surface area contributed by atoms with Crippen molar-refractivity contribution in [1.29, 1.82) is 0 Å². The molecule has 2 N–H and O–H groups in total. The Morgan fingerprint density at radius 3 is 2.37 bits per heavy atom. The van der Waals surface area contributed by atoms with E-state index in [-0.39, 0.29) is 11.8 Å². The van der Waals surface area contributed by atoms with Crippen molar-refractivity contribution in [2.45, 2.75) is 19.9 Å². The van der Waals surface area contributed by atoms with Gasteiger partial charge in [0.15, 0.2) is 0 Å². The monoisotopic (exact) mass is 356 g/mol. The van der Waals surface area contributed by atoms with Crippen LogP contribution in [0.15, 0.2) is 67.0 Å². The Labute approximate surface area is 157 Å². The van der Waals surface area contributed by atoms with Crippen molar-refractivity contribution in [2.75, 3.05) is 5.32 Å². The van der Waals surface area contributed by atoms with Crippen molar-refractivity contribution in [3.8, 4) is 5.75 Å². The largest absolute Gasteiger partial charge is 0.505 e. The van der Waals surface area contributed by atoms with E-state index >= 15 is 0 Å². The van der Waals surface area contributed by atoms with E-state index < -0.39 is 0 Å². The summed E-state index contributed by atoms with van der Waals surface area (Å²) in [6, 6.07) is 17.2. The van der Waals surface area contributed by atoms with Crippen LogP contribution in [-0.4, -0.2) is 20.1 Å². The van der Waals surface area contributed by atoms with Gasteiger partial charge in [0.2, 0.25) is 0 Å². The molecule has 0 spiro atoms. The standard InChI is InChI=1S/C22H20N4O/c1-14-4-3-5-19(24-14)26-20(17-10-12-23-13-11-17)18-9-8-16-7-6-15(2)25-21(16)22(18)27/h3-13,20,27H,1-2H3,(H,24,26). The minimum absolute atomic E-state index is 0.179. The van der Waals surface area contributed by atoms with Gasteiger partial charge >= 0.3 is 0 Å². The molecule has 1 unspecified atom stereocenters. The lowest BCUT2D eigenvalue weighted by Gasteiger charge is -2.22. The predicted molar refractivity (Wildman–Crippen MR) is 107 cm³/mol. The lowest BCUT2D eigenvalue weighted by Crippen LogP contribution is -2.14. The van der Waals surface area contributed by atoms with E-state index in [1.165, 1.54) is 0 Å². The van der Waals surface area contributed by atoms with Crippen molar-refractivity contribution in [2.24, 2.45) is 0 Å². The number of phenolic OH excluding ortho intramolecular Hbond substituents is 1. The van der Waals surface area contributed by atoms with Crippen LogP contribution in [0.4, 0.5) is 5.82 Å². The first-order chi connectivity index (χ1) is 13.1. The average Bonchev–Trinajstić information content (AvgIpc) is 2.68. The molecule has 27 heavy (non-hydrogen) atoms. The Morgan fingerprint density at radius 1 is 0.852 bits per heavy atom. The van der Waals surface area contributed by atoms with Crippen molar-refractivity contribution < 1.29 is 5.11 Å². The van der Waals surface area contributed by atoms with Gasteiger partial charge < -0.3 is 10.4 Å². The first-order valence-electron chi connectivity index (χ1n) is 8.81. The van der Waals surface area contributed by atoms with Gasteiger partial charge in [-0.25, -0.2) is 9.97 Å². The van der Waals surface area contributed by atoms with Gasteiger partial charge in [0, 0.05) is 34.7 Å². The number of aryl methyl sites for hydroxylation is 2. The van der Waals surface area contributed by atoms with Crippen molar-refractivity contribution >= 4 is 16.7 Å². The van der Waals surface area contributed by atoms with Gasteiger partial charge in [0.1, 0.15) is 17.1 Å². The highest BCUT2D eigenvalue weighted by Crippen LogP contribution is 2.36. The molecule has 1 aromatic carbocycles. The van der Waals surface area contributed by atoms with E-state index in [9.17, 15) is 5.11 Å². The Bertz CT molecular complexity index is 1100. The summed E-state index contributed by atoms with van der Waals surface area (Å²) in [4.78, 5) is 13.2. The van der Waals surface area contributed by atoms with Gasteiger partial charge in [0.05, 0.1) is 6.04 Å². The molecule has 0 radical (unpaired) electrons. The maximum Gasteiger partial charge on any atom is 0.147 e. The van der Waals surface area contributed by atoms with Crippen LogP contribution < -0.4 is 5.32 Å². The van der Waals surface area contributed by atoms with Crippen LogP contribution in [-0.2, 0) is 0 Å². The Hall–Kier alpha value is -3.47. The molecule has 3 aromatic heterocycles. The first kappa shape index (κ1) is 17.0. The number of rotatable bonds is 4. The van der Waals surface area contributed by atoms with Crippen LogP contribution >= 0.6 is 0 Å². The van der Waals surface area contributed by atoms with E-state index in [0.717, 1.165) is 33.7 Å². The molecule has 3 heterocycles. The van der Waals surface area contributed by atoms with Crippen LogP contribution in [0.5, 0.6) is 5.75 Å². The molecule has 0 amide bonds. The summed E-state index contributed by atoms with van der Waals surface area (Å²) >= 11 is 0. The predicted octanol–water partition coefficient (Wildman–Crippen LogP) is 4.55. The van der Waals surface area contributed by atoms with E-state index in [4.69, 9.17) is 0 Å². The minimum Gasteiger partial charge on any atom is -0.505 e.